The van der Waals surface area contributed by atoms with Gasteiger partial charge in [0.25, 0.3) is 15.9 Å². The molecule has 33 heavy (non-hydrogen) atoms. The van der Waals surface area contributed by atoms with Crippen molar-refractivity contribution in [1.82, 2.24) is 5.16 Å². The predicted molar refractivity (Wildman–Crippen MR) is 122 cm³/mol. The topological polar surface area (TPSA) is 128 Å². The number of hydrogen-bond donors (Lipinski definition) is 2. The number of ether oxygens (including phenoxy) is 1. The largest absolute Gasteiger partial charge is 0.452 e. The Morgan fingerprint density at radius 1 is 1.09 bits per heavy atom. The van der Waals surface area contributed by atoms with E-state index in [2.05, 4.69) is 22.1 Å². The van der Waals surface area contributed by atoms with Crippen LogP contribution in [0.3, 0.4) is 0 Å². The summed E-state index contributed by atoms with van der Waals surface area (Å²) in [4.78, 5) is 24.1. The summed E-state index contributed by atoms with van der Waals surface area (Å²) in [7, 11) is -3.92. The van der Waals surface area contributed by atoms with E-state index in [0.29, 0.717) is 11.4 Å². The van der Waals surface area contributed by atoms with Gasteiger partial charge < -0.3 is 14.6 Å². The number of amides is 1. The van der Waals surface area contributed by atoms with Gasteiger partial charge in [0.05, 0.1) is 10.5 Å². The zero-order chi connectivity index (χ0) is 23.8. The van der Waals surface area contributed by atoms with Crippen molar-refractivity contribution < 1.29 is 27.3 Å². The molecule has 2 N–H and O–H groups in total. The van der Waals surface area contributed by atoms with Crippen molar-refractivity contribution in [3.63, 3.8) is 0 Å². The van der Waals surface area contributed by atoms with Gasteiger partial charge in [-0.15, -0.1) is 0 Å². The smallest absolute Gasteiger partial charge is 0.338 e. The first kappa shape index (κ1) is 24.0. The van der Waals surface area contributed by atoms with Crippen LogP contribution in [0.5, 0.6) is 0 Å². The first-order valence-electron chi connectivity index (χ1n) is 10.4. The fourth-order valence-corrected chi connectivity index (χ4v) is 4.05. The average Bonchev–Trinajstić information content (AvgIpc) is 3.21. The molecule has 0 spiro atoms. The zero-order valence-electron chi connectivity index (χ0n) is 18.3. The SMILES string of the molecule is CCCCc1ccc(NS(=O)(=O)c2cccc(C(=O)OCC(=O)Nc3cc(C)on3)c2)cc1. The summed E-state index contributed by atoms with van der Waals surface area (Å²) in [5, 5.41) is 6.03. The number of unbranched alkanes of at least 4 members (excludes halogenated alkanes) is 1. The molecule has 0 unspecified atom stereocenters. The van der Waals surface area contributed by atoms with Gasteiger partial charge >= 0.3 is 5.97 Å². The van der Waals surface area contributed by atoms with E-state index in [0.717, 1.165) is 24.8 Å². The van der Waals surface area contributed by atoms with Gasteiger partial charge in [-0.25, -0.2) is 13.2 Å². The van der Waals surface area contributed by atoms with Gasteiger partial charge in [0, 0.05) is 11.8 Å². The Kier molecular flexibility index (Phi) is 7.83. The third-order valence-corrected chi connectivity index (χ3v) is 6.01. The van der Waals surface area contributed by atoms with Gasteiger partial charge in [-0.1, -0.05) is 36.7 Å². The lowest BCUT2D eigenvalue weighted by Crippen LogP contribution is -2.21. The maximum Gasteiger partial charge on any atom is 0.338 e. The van der Waals surface area contributed by atoms with E-state index in [4.69, 9.17) is 9.26 Å². The van der Waals surface area contributed by atoms with E-state index in [9.17, 15) is 18.0 Å². The molecule has 0 radical (unpaired) electrons. The molecule has 3 aromatic rings. The Bertz CT molecular complexity index is 1220. The summed E-state index contributed by atoms with van der Waals surface area (Å²) >= 11 is 0. The van der Waals surface area contributed by atoms with Crippen LogP contribution in [0, 0.1) is 6.92 Å². The van der Waals surface area contributed by atoms with E-state index in [1.807, 2.05) is 12.1 Å². The molecule has 0 aliphatic carbocycles. The van der Waals surface area contributed by atoms with Gasteiger partial charge in [0.1, 0.15) is 5.76 Å². The summed E-state index contributed by atoms with van der Waals surface area (Å²) in [5.41, 5.74) is 1.55. The predicted octanol–water partition coefficient (Wildman–Crippen LogP) is 3.92. The second-order valence-electron chi connectivity index (χ2n) is 7.38. The summed E-state index contributed by atoms with van der Waals surface area (Å²) < 4.78 is 37.8. The first-order chi connectivity index (χ1) is 15.8. The monoisotopic (exact) mass is 471 g/mol. The van der Waals surface area contributed by atoms with Crippen molar-refractivity contribution in [2.75, 3.05) is 16.6 Å². The molecule has 10 heteroatoms. The minimum Gasteiger partial charge on any atom is -0.452 e. The number of rotatable bonds is 10. The molecule has 0 bridgehead atoms. The van der Waals surface area contributed by atoms with Crippen molar-refractivity contribution in [3.8, 4) is 0 Å². The van der Waals surface area contributed by atoms with Crippen LogP contribution in [0.2, 0.25) is 0 Å². The highest BCUT2D eigenvalue weighted by Crippen LogP contribution is 2.19. The van der Waals surface area contributed by atoms with E-state index in [1.54, 1.807) is 19.1 Å². The average molecular weight is 472 g/mol. The molecule has 0 saturated carbocycles. The number of nitrogens with zero attached hydrogens (tertiary/aromatic N) is 1. The minimum absolute atomic E-state index is 0.00197. The first-order valence-corrected chi connectivity index (χ1v) is 11.9. The molecule has 9 nitrogen and oxygen atoms in total. The van der Waals surface area contributed by atoms with E-state index >= 15 is 0 Å². The van der Waals surface area contributed by atoms with Crippen LogP contribution < -0.4 is 10.0 Å². The van der Waals surface area contributed by atoms with Crippen molar-refractivity contribution in [1.29, 1.82) is 0 Å². The summed E-state index contributed by atoms with van der Waals surface area (Å²) in [6.07, 6.45) is 3.08. The molecule has 1 heterocycles. The lowest BCUT2D eigenvalue weighted by atomic mass is 10.1. The molecule has 1 amide bonds. The highest BCUT2D eigenvalue weighted by Gasteiger charge is 2.18. The Labute approximate surface area is 192 Å². The van der Waals surface area contributed by atoms with Crippen LogP contribution in [0.25, 0.3) is 0 Å². The molecule has 1 aromatic heterocycles. The molecule has 174 valence electrons. The van der Waals surface area contributed by atoms with Gasteiger partial charge in [-0.3, -0.25) is 9.52 Å². The minimum atomic E-state index is -3.92. The van der Waals surface area contributed by atoms with Crippen LogP contribution in [-0.2, 0) is 26.0 Å². The summed E-state index contributed by atoms with van der Waals surface area (Å²) in [5.74, 6) is -0.726. The van der Waals surface area contributed by atoms with E-state index in [1.165, 1.54) is 30.3 Å². The molecule has 0 aliphatic heterocycles. The number of sulfonamides is 1. The molecular formula is C23H25N3O6S. The van der Waals surface area contributed by atoms with E-state index < -0.39 is 28.5 Å². The second-order valence-corrected chi connectivity index (χ2v) is 9.06. The number of anilines is 2. The number of aromatic nitrogens is 1. The normalized spacial score (nSPS) is 11.1. The molecule has 0 fully saturated rings. The van der Waals surface area contributed by atoms with Gasteiger partial charge in [0.2, 0.25) is 0 Å². The number of hydrogen-bond acceptors (Lipinski definition) is 7. The number of carbonyl (C=O) groups excluding carboxylic acids is 2. The number of benzene rings is 2. The van der Waals surface area contributed by atoms with Crippen molar-refractivity contribution in [2.24, 2.45) is 0 Å². The zero-order valence-corrected chi connectivity index (χ0v) is 19.1. The summed E-state index contributed by atoms with van der Waals surface area (Å²) in [6.45, 7) is 3.21. The Morgan fingerprint density at radius 3 is 2.52 bits per heavy atom. The van der Waals surface area contributed by atoms with Crippen LogP contribution in [0.15, 0.2) is 64.0 Å². The fraction of sp³-hybridized carbons (Fsp3) is 0.261. The molecule has 0 aliphatic rings. The van der Waals surface area contributed by atoms with Gasteiger partial charge in [-0.05, 0) is 55.7 Å². The van der Waals surface area contributed by atoms with Gasteiger partial charge in [0.15, 0.2) is 12.4 Å². The Hall–Kier alpha value is -3.66. The standard InChI is InChI=1S/C23H25N3O6S/c1-3-4-6-17-9-11-19(12-10-17)26-33(29,30)20-8-5-7-18(14-20)23(28)31-15-22(27)24-21-13-16(2)32-25-21/h5,7-14,26H,3-4,6,15H2,1-2H3,(H,24,25,27). The number of esters is 1. The molecule has 3 rings (SSSR count). The third kappa shape index (κ3) is 6.91. The third-order valence-electron chi connectivity index (χ3n) is 4.64. The number of carbonyl (C=O) groups is 2. The summed E-state index contributed by atoms with van der Waals surface area (Å²) in [6, 6.07) is 14.1. The van der Waals surface area contributed by atoms with Crippen LogP contribution in [0.4, 0.5) is 11.5 Å². The molecule has 0 atom stereocenters. The maximum absolute atomic E-state index is 12.8. The molecule has 0 saturated heterocycles. The lowest BCUT2D eigenvalue weighted by Gasteiger charge is -2.10. The molecule has 2 aromatic carbocycles. The van der Waals surface area contributed by atoms with Crippen molar-refractivity contribution >= 4 is 33.4 Å². The Balaban J connectivity index is 1.61. The number of nitrogens with one attached hydrogen (secondary N) is 2. The maximum atomic E-state index is 12.8. The van der Waals surface area contributed by atoms with E-state index in [-0.39, 0.29) is 16.3 Å². The van der Waals surface area contributed by atoms with Crippen molar-refractivity contribution in [2.45, 2.75) is 38.0 Å². The van der Waals surface area contributed by atoms with Crippen LogP contribution >= 0.6 is 0 Å². The van der Waals surface area contributed by atoms with Crippen molar-refractivity contribution in [3.05, 3.63) is 71.5 Å². The lowest BCUT2D eigenvalue weighted by molar-refractivity contribution is -0.119. The highest BCUT2D eigenvalue weighted by atomic mass is 32.2. The fourth-order valence-electron chi connectivity index (χ4n) is 2.94. The number of aryl methyl sites for hydroxylation is 2. The van der Waals surface area contributed by atoms with Crippen LogP contribution in [0.1, 0.15) is 41.4 Å². The van der Waals surface area contributed by atoms with Gasteiger partial charge in [-0.2, -0.15) is 0 Å². The molecular weight excluding hydrogens is 446 g/mol. The highest BCUT2D eigenvalue weighted by molar-refractivity contribution is 7.92. The Morgan fingerprint density at radius 2 is 1.85 bits per heavy atom. The second kappa shape index (κ2) is 10.8. The quantitative estimate of drug-likeness (QED) is 0.429. The van der Waals surface area contributed by atoms with Crippen LogP contribution in [-0.4, -0.2) is 32.1 Å².